The van der Waals surface area contributed by atoms with Crippen molar-refractivity contribution in [1.29, 1.82) is 0 Å². The number of para-hydroxylation sites is 1. The predicted molar refractivity (Wildman–Crippen MR) is 44.1 cm³/mol. The first-order chi connectivity index (χ1) is 5.29. The number of hydrogen-bond donors (Lipinski definition) is 2. The molecule has 0 heterocycles. The molecule has 1 N–H and O–H groups in total. The van der Waals surface area contributed by atoms with E-state index in [0.717, 1.165) is 0 Å². The third-order valence-electron chi connectivity index (χ3n) is 1.11. The normalized spacial score (nSPS) is 9.91. The molecular formula is C7H8NO2S. The van der Waals surface area contributed by atoms with Gasteiger partial charge < -0.3 is 5.32 Å². The Bertz CT molecular complexity index is 274. The van der Waals surface area contributed by atoms with Gasteiger partial charge in [-0.2, -0.15) is 0 Å². The third kappa shape index (κ3) is 3.04. The largest absolute Gasteiger partial charge is 0.371 e. The second-order valence-electron chi connectivity index (χ2n) is 1.94. The summed E-state index contributed by atoms with van der Waals surface area (Å²) in [4.78, 5) is 0. The fourth-order valence-corrected chi connectivity index (χ4v) is 0.952. The summed E-state index contributed by atoms with van der Waals surface area (Å²) in [7, 11) is -2.36. The predicted octanol–water partition coefficient (Wildman–Crippen LogP) is 0.468. The second kappa shape index (κ2) is 3.98. The van der Waals surface area contributed by atoms with Gasteiger partial charge in [0.2, 0.25) is 0 Å². The Morgan fingerprint density at radius 1 is 1.45 bits per heavy atom. The van der Waals surface area contributed by atoms with Crippen LogP contribution in [0, 0.1) is 6.07 Å². The van der Waals surface area contributed by atoms with Crippen molar-refractivity contribution < 1.29 is 8.42 Å². The Morgan fingerprint density at radius 3 is 2.82 bits per heavy atom. The fraction of sp³-hybridized carbons (Fsp3) is 0.143. The summed E-state index contributed by atoms with van der Waals surface area (Å²) in [6, 6.07) is 9.97. The summed E-state index contributed by atoms with van der Waals surface area (Å²) in [5, 5.41) is 2.69. The molecule has 0 unspecified atom stereocenters. The maximum absolute atomic E-state index is 10.1. The molecule has 0 saturated carbocycles. The summed E-state index contributed by atoms with van der Waals surface area (Å²) in [5.41, 5.74) is 0.701. The molecule has 1 rings (SSSR count). The van der Waals surface area contributed by atoms with Crippen molar-refractivity contribution in [3.63, 3.8) is 0 Å². The summed E-state index contributed by atoms with van der Waals surface area (Å²) in [6.45, 7) is 0. The standard InChI is InChI=1S/C7H8NO2S/c9-11(10)6-8-7-4-2-1-3-5-7/h1-4,8,11H,6H2. The monoisotopic (exact) mass is 170 g/mol. The van der Waals surface area contributed by atoms with Crippen LogP contribution < -0.4 is 5.32 Å². The lowest BCUT2D eigenvalue weighted by molar-refractivity contribution is 0.616. The molecule has 11 heavy (non-hydrogen) atoms. The smallest absolute Gasteiger partial charge is 0.158 e. The van der Waals surface area contributed by atoms with E-state index in [0.29, 0.717) is 5.69 Å². The molecule has 0 atom stereocenters. The quantitative estimate of drug-likeness (QED) is 0.648. The maximum atomic E-state index is 10.1. The van der Waals surface area contributed by atoms with E-state index < -0.39 is 10.7 Å². The number of thiol groups is 1. The minimum Gasteiger partial charge on any atom is -0.371 e. The van der Waals surface area contributed by atoms with Gasteiger partial charge in [-0.1, -0.05) is 18.2 Å². The van der Waals surface area contributed by atoms with Crippen molar-refractivity contribution in [3.8, 4) is 0 Å². The molecular weight excluding hydrogens is 162 g/mol. The summed E-state index contributed by atoms with van der Waals surface area (Å²) in [6.07, 6.45) is 0. The van der Waals surface area contributed by atoms with Crippen LogP contribution in [-0.4, -0.2) is 14.3 Å². The Morgan fingerprint density at radius 2 is 2.27 bits per heavy atom. The molecule has 0 amide bonds. The maximum Gasteiger partial charge on any atom is 0.158 e. The van der Waals surface area contributed by atoms with E-state index in [1.54, 1.807) is 12.1 Å². The Labute approximate surface area is 67.0 Å². The minimum atomic E-state index is -2.36. The lowest BCUT2D eigenvalue weighted by atomic mass is 10.3. The van der Waals surface area contributed by atoms with Crippen LogP contribution in [0.3, 0.4) is 0 Å². The van der Waals surface area contributed by atoms with E-state index in [2.05, 4.69) is 11.4 Å². The molecule has 0 aliphatic rings. The van der Waals surface area contributed by atoms with Crippen LogP contribution >= 0.6 is 0 Å². The molecule has 0 bridgehead atoms. The van der Waals surface area contributed by atoms with Gasteiger partial charge in [-0.15, -0.1) is 0 Å². The van der Waals surface area contributed by atoms with Gasteiger partial charge in [0.1, 0.15) is 5.88 Å². The van der Waals surface area contributed by atoms with E-state index in [-0.39, 0.29) is 5.88 Å². The van der Waals surface area contributed by atoms with E-state index in [9.17, 15) is 8.42 Å². The molecule has 0 aliphatic carbocycles. The van der Waals surface area contributed by atoms with Gasteiger partial charge in [-0.05, 0) is 6.07 Å². The number of hydrogen-bond acceptors (Lipinski definition) is 3. The summed E-state index contributed by atoms with van der Waals surface area (Å²) >= 11 is 0. The molecule has 0 fully saturated rings. The average molecular weight is 170 g/mol. The molecule has 0 aliphatic heterocycles. The summed E-state index contributed by atoms with van der Waals surface area (Å²) < 4.78 is 20.3. The van der Waals surface area contributed by atoms with Crippen molar-refractivity contribution in [2.45, 2.75) is 0 Å². The molecule has 1 radical (unpaired) electrons. The van der Waals surface area contributed by atoms with Crippen molar-refractivity contribution >= 4 is 16.4 Å². The summed E-state index contributed by atoms with van der Waals surface area (Å²) in [5.74, 6) is -0.0319. The first kappa shape index (κ1) is 8.07. The van der Waals surface area contributed by atoms with Gasteiger partial charge in [0.15, 0.2) is 10.7 Å². The minimum absolute atomic E-state index is 0.0319. The topological polar surface area (TPSA) is 46.2 Å². The molecule has 59 valence electrons. The highest BCUT2D eigenvalue weighted by molar-refractivity contribution is 7.72. The highest BCUT2D eigenvalue weighted by atomic mass is 32.2. The van der Waals surface area contributed by atoms with Gasteiger partial charge in [0.25, 0.3) is 0 Å². The van der Waals surface area contributed by atoms with Gasteiger partial charge in [0, 0.05) is 11.8 Å². The first-order valence-corrected chi connectivity index (χ1v) is 4.48. The fourth-order valence-electron chi connectivity index (χ4n) is 0.653. The van der Waals surface area contributed by atoms with Crippen LogP contribution in [0.15, 0.2) is 24.3 Å². The zero-order chi connectivity index (χ0) is 8.10. The molecule has 0 spiro atoms. The van der Waals surface area contributed by atoms with Gasteiger partial charge >= 0.3 is 0 Å². The second-order valence-corrected chi connectivity index (χ2v) is 2.93. The lowest BCUT2D eigenvalue weighted by Gasteiger charge is -1.98. The van der Waals surface area contributed by atoms with Crippen LogP contribution in [0.25, 0.3) is 0 Å². The number of rotatable bonds is 3. The number of benzene rings is 1. The van der Waals surface area contributed by atoms with E-state index in [4.69, 9.17) is 0 Å². The molecule has 1 aromatic rings. The van der Waals surface area contributed by atoms with Gasteiger partial charge in [-0.25, -0.2) is 8.42 Å². The van der Waals surface area contributed by atoms with Crippen LogP contribution in [0.2, 0.25) is 0 Å². The van der Waals surface area contributed by atoms with Crippen LogP contribution in [0.4, 0.5) is 5.69 Å². The van der Waals surface area contributed by atoms with E-state index in [1.807, 2.05) is 12.1 Å². The SMILES string of the molecule is O=[SH](=O)CNc1[c]cccc1. The first-order valence-electron chi connectivity index (χ1n) is 3.11. The molecule has 1 aromatic carbocycles. The van der Waals surface area contributed by atoms with E-state index >= 15 is 0 Å². The highest BCUT2D eigenvalue weighted by Gasteiger charge is 1.88. The van der Waals surface area contributed by atoms with Gasteiger partial charge in [-0.3, -0.25) is 0 Å². The third-order valence-corrected chi connectivity index (χ3v) is 1.52. The Hall–Kier alpha value is -1.03. The van der Waals surface area contributed by atoms with Crippen molar-refractivity contribution in [2.24, 2.45) is 0 Å². The lowest BCUT2D eigenvalue weighted by Crippen LogP contribution is -2.01. The number of anilines is 1. The molecule has 0 aromatic heterocycles. The van der Waals surface area contributed by atoms with Crippen molar-refractivity contribution in [2.75, 3.05) is 11.2 Å². The highest BCUT2D eigenvalue weighted by Crippen LogP contribution is 2.02. The van der Waals surface area contributed by atoms with Gasteiger partial charge in [0.05, 0.1) is 0 Å². The molecule has 0 saturated heterocycles. The van der Waals surface area contributed by atoms with Crippen LogP contribution in [0.1, 0.15) is 0 Å². The Kier molecular flexibility index (Phi) is 2.92. The zero-order valence-electron chi connectivity index (χ0n) is 5.78. The average Bonchev–Trinajstić information content (AvgIpc) is 2.03. The van der Waals surface area contributed by atoms with Crippen molar-refractivity contribution in [1.82, 2.24) is 0 Å². The van der Waals surface area contributed by atoms with Crippen LogP contribution in [-0.2, 0) is 10.7 Å². The molecule has 3 nitrogen and oxygen atoms in total. The Balaban J connectivity index is 2.52. The number of nitrogens with one attached hydrogen (secondary N) is 1. The molecule has 4 heteroatoms. The van der Waals surface area contributed by atoms with E-state index in [1.165, 1.54) is 0 Å². The van der Waals surface area contributed by atoms with Crippen LogP contribution in [0.5, 0.6) is 0 Å². The van der Waals surface area contributed by atoms with Crippen molar-refractivity contribution in [3.05, 3.63) is 30.3 Å². The zero-order valence-corrected chi connectivity index (χ0v) is 6.67.